The molecule has 0 N–H and O–H groups in total. The van der Waals surface area contributed by atoms with Crippen molar-refractivity contribution >= 4 is 11.6 Å². The van der Waals surface area contributed by atoms with Crippen molar-refractivity contribution in [1.82, 2.24) is 0 Å². The molecule has 1 rings (SSSR count). The molecule has 0 fully saturated rings. The van der Waals surface area contributed by atoms with E-state index in [1.54, 1.807) is 13.0 Å². The molecule has 0 radical (unpaired) electrons. The van der Waals surface area contributed by atoms with Crippen molar-refractivity contribution < 1.29 is 13.2 Å². The highest BCUT2D eigenvalue weighted by Crippen LogP contribution is 2.37. The van der Waals surface area contributed by atoms with Crippen molar-refractivity contribution in [1.29, 1.82) is 0 Å². The van der Waals surface area contributed by atoms with Gasteiger partial charge in [0.05, 0.1) is 10.6 Å². The molecular weight excluding hydrogens is 249 g/mol. The van der Waals surface area contributed by atoms with E-state index in [1.807, 2.05) is 13.8 Å². The van der Waals surface area contributed by atoms with Crippen LogP contribution in [0.3, 0.4) is 0 Å². The average Bonchev–Trinajstić information content (AvgIpc) is 2.17. The van der Waals surface area contributed by atoms with E-state index in [4.69, 9.17) is 11.6 Å². The van der Waals surface area contributed by atoms with Gasteiger partial charge in [0.1, 0.15) is 0 Å². The highest BCUT2D eigenvalue weighted by atomic mass is 35.5. The van der Waals surface area contributed by atoms with Gasteiger partial charge >= 0.3 is 6.18 Å². The molecule has 0 nitrogen and oxygen atoms in total. The molecule has 17 heavy (non-hydrogen) atoms. The molecule has 0 heterocycles. The van der Waals surface area contributed by atoms with Gasteiger partial charge in [0, 0.05) is 0 Å². The maximum absolute atomic E-state index is 12.7. The minimum atomic E-state index is -4.38. The van der Waals surface area contributed by atoms with E-state index in [2.05, 4.69) is 0 Å². The second-order valence-corrected chi connectivity index (χ2v) is 5.09. The van der Waals surface area contributed by atoms with Crippen molar-refractivity contribution in [3.05, 3.63) is 33.8 Å². The van der Waals surface area contributed by atoms with Crippen molar-refractivity contribution in [2.24, 2.45) is 5.92 Å². The number of hydrogen-bond donors (Lipinski definition) is 0. The second-order valence-electron chi connectivity index (χ2n) is 4.72. The molecule has 0 spiro atoms. The van der Waals surface area contributed by atoms with E-state index in [-0.39, 0.29) is 5.02 Å². The predicted octanol–water partition coefficient (Wildman–Crippen LogP) is 5.26. The molecule has 1 aromatic rings. The highest BCUT2D eigenvalue weighted by molar-refractivity contribution is 6.32. The molecule has 0 unspecified atom stereocenters. The zero-order valence-corrected chi connectivity index (χ0v) is 10.9. The zero-order chi connectivity index (χ0) is 13.2. The Morgan fingerprint density at radius 1 is 1.24 bits per heavy atom. The molecule has 0 saturated heterocycles. The summed E-state index contributed by atoms with van der Waals surface area (Å²) >= 11 is 5.83. The quantitative estimate of drug-likeness (QED) is 0.699. The smallest absolute Gasteiger partial charge is 0.166 e. The molecule has 0 amide bonds. The van der Waals surface area contributed by atoms with Gasteiger partial charge in [-0.15, -0.1) is 0 Å². The van der Waals surface area contributed by atoms with Crippen LogP contribution in [0.5, 0.6) is 0 Å². The molecule has 4 heteroatoms. The van der Waals surface area contributed by atoms with Gasteiger partial charge in [-0.1, -0.05) is 37.1 Å². The standard InChI is InChI=1S/C13H16ClF3/c1-8(2)4-5-10-6-9(3)7-11(12(10)14)13(15,16)17/h6-8H,4-5H2,1-3H3. The summed E-state index contributed by atoms with van der Waals surface area (Å²) in [5, 5.41) is -0.149. The molecule has 0 bridgehead atoms. The van der Waals surface area contributed by atoms with Crippen molar-refractivity contribution in [3.8, 4) is 0 Å². The Bertz CT molecular complexity index is 394. The van der Waals surface area contributed by atoms with Gasteiger partial charge in [-0.05, 0) is 37.3 Å². The van der Waals surface area contributed by atoms with E-state index in [9.17, 15) is 13.2 Å². The lowest BCUT2D eigenvalue weighted by Gasteiger charge is -2.14. The first-order valence-corrected chi connectivity index (χ1v) is 5.96. The van der Waals surface area contributed by atoms with Crippen LogP contribution in [0.4, 0.5) is 13.2 Å². The molecule has 0 saturated carbocycles. The molecule has 0 atom stereocenters. The summed E-state index contributed by atoms with van der Waals surface area (Å²) in [6, 6.07) is 2.83. The van der Waals surface area contributed by atoms with Crippen LogP contribution in [-0.4, -0.2) is 0 Å². The first kappa shape index (κ1) is 14.4. The molecule has 0 aliphatic carbocycles. The zero-order valence-electron chi connectivity index (χ0n) is 10.2. The van der Waals surface area contributed by atoms with Gasteiger partial charge in [0.25, 0.3) is 0 Å². The summed E-state index contributed by atoms with van der Waals surface area (Å²) in [5.41, 5.74) is 0.464. The van der Waals surface area contributed by atoms with Crippen LogP contribution in [0, 0.1) is 12.8 Å². The number of hydrogen-bond acceptors (Lipinski definition) is 0. The number of alkyl halides is 3. The molecule has 0 aliphatic heterocycles. The lowest BCUT2D eigenvalue weighted by Crippen LogP contribution is -2.08. The maximum Gasteiger partial charge on any atom is 0.417 e. The van der Waals surface area contributed by atoms with Crippen LogP contribution in [0.1, 0.15) is 37.0 Å². The van der Waals surface area contributed by atoms with E-state index in [0.717, 1.165) is 12.5 Å². The molecule has 96 valence electrons. The van der Waals surface area contributed by atoms with E-state index in [1.165, 1.54) is 0 Å². The van der Waals surface area contributed by atoms with Crippen molar-refractivity contribution in [2.75, 3.05) is 0 Å². The minimum Gasteiger partial charge on any atom is -0.166 e. The van der Waals surface area contributed by atoms with Gasteiger partial charge < -0.3 is 0 Å². The van der Waals surface area contributed by atoms with Crippen LogP contribution in [0.2, 0.25) is 5.02 Å². The van der Waals surface area contributed by atoms with E-state index in [0.29, 0.717) is 23.5 Å². The number of rotatable bonds is 3. The van der Waals surface area contributed by atoms with Crippen LogP contribution < -0.4 is 0 Å². The van der Waals surface area contributed by atoms with E-state index < -0.39 is 11.7 Å². The SMILES string of the molecule is Cc1cc(CCC(C)C)c(Cl)c(C(F)(F)F)c1. The van der Waals surface area contributed by atoms with Gasteiger partial charge in [-0.3, -0.25) is 0 Å². The lowest BCUT2D eigenvalue weighted by molar-refractivity contribution is -0.137. The fourth-order valence-corrected chi connectivity index (χ4v) is 1.99. The monoisotopic (exact) mass is 264 g/mol. The number of aryl methyl sites for hydroxylation is 2. The Labute approximate surface area is 105 Å². The third-order valence-corrected chi connectivity index (χ3v) is 3.04. The molecular formula is C13H16ClF3. The third kappa shape index (κ3) is 3.91. The van der Waals surface area contributed by atoms with Crippen LogP contribution in [0.15, 0.2) is 12.1 Å². The molecule has 1 aromatic carbocycles. The Balaban J connectivity index is 3.11. The third-order valence-electron chi connectivity index (χ3n) is 2.59. The highest BCUT2D eigenvalue weighted by Gasteiger charge is 2.34. The predicted molar refractivity (Wildman–Crippen MR) is 64.4 cm³/mol. The minimum absolute atomic E-state index is 0.149. The summed E-state index contributed by atoms with van der Waals surface area (Å²) in [4.78, 5) is 0. The first-order valence-electron chi connectivity index (χ1n) is 5.58. The lowest BCUT2D eigenvalue weighted by atomic mass is 9.98. The van der Waals surface area contributed by atoms with Gasteiger partial charge in [-0.2, -0.15) is 13.2 Å². The van der Waals surface area contributed by atoms with Gasteiger partial charge in [-0.25, -0.2) is 0 Å². The van der Waals surface area contributed by atoms with Gasteiger partial charge in [0.15, 0.2) is 0 Å². The summed E-state index contributed by atoms with van der Waals surface area (Å²) < 4.78 is 38.2. The summed E-state index contributed by atoms with van der Waals surface area (Å²) in [5.74, 6) is 0.445. The molecule has 0 aliphatic rings. The normalized spacial score (nSPS) is 12.2. The summed E-state index contributed by atoms with van der Waals surface area (Å²) in [6.45, 7) is 5.73. The largest absolute Gasteiger partial charge is 0.417 e. The number of halogens is 4. The Morgan fingerprint density at radius 3 is 2.29 bits per heavy atom. The maximum atomic E-state index is 12.7. The Hall–Kier alpha value is -0.700. The first-order chi connectivity index (χ1) is 7.71. The van der Waals surface area contributed by atoms with Crippen molar-refractivity contribution in [2.45, 2.75) is 39.8 Å². The molecule has 0 aromatic heterocycles. The second kappa shape index (κ2) is 5.30. The van der Waals surface area contributed by atoms with E-state index >= 15 is 0 Å². The average molecular weight is 265 g/mol. The topological polar surface area (TPSA) is 0 Å². The Kier molecular flexibility index (Phi) is 4.48. The Morgan fingerprint density at radius 2 is 1.82 bits per heavy atom. The summed E-state index contributed by atoms with van der Waals surface area (Å²) in [6.07, 6.45) is -2.96. The fraction of sp³-hybridized carbons (Fsp3) is 0.538. The summed E-state index contributed by atoms with van der Waals surface area (Å²) in [7, 11) is 0. The van der Waals surface area contributed by atoms with Gasteiger partial charge in [0.2, 0.25) is 0 Å². The van der Waals surface area contributed by atoms with Crippen LogP contribution in [0.25, 0.3) is 0 Å². The van der Waals surface area contributed by atoms with Crippen LogP contribution >= 0.6 is 11.6 Å². The van der Waals surface area contributed by atoms with Crippen LogP contribution in [-0.2, 0) is 12.6 Å². The number of benzene rings is 1. The fourth-order valence-electron chi connectivity index (χ4n) is 1.68. The van der Waals surface area contributed by atoms with Crippen molar-refractivity contribution in [3.63, 3.8) is 0 Å².